The van der Waals surface area contributed by atoms with Crippen molar-refractivity contribution in [3.63, 3.8) is 0 Å². The molecule has 0 saturated carbocycles. The van der Waals surface area contributed by atoms with Crippen molar-refractivity contribution in [2.75, 3.05) is 27.2 Å². The van der Waals surface area contributed by atoms with Crippen molar-refractivity contribution < 1.29 is 14.3 Å². The fraction of sp³-hybridized carbons (Fsp3) is 0.500. The topological polar surface area (TPSA) is 58.6 Å². The van der Waals surface area contributed by atoms with Crippen molar-refractivity contribution in [1.82, 2.24) is 10.2 Å². The maximum absolute atomic E-state index is 12.1. The summed E-state index contributed by atoms with van der Waals surface area (Å²) >= 11 is 0. The van der Waals surface area contributed by atoms with Gasteiger partial charge in [0.05, 0.1) is 7.11 Å². The van der Waals surface area contributed by atoms with Crippen LogP contribution in [0, 0.1) is 5.92 Å². The molecule has 1 N–H and O–H groups in total. The first kappa shape index (κ1) is 15.4. The summed E-state index contributed by atoms with van der Waals surface area (Å²) in [6.07, 6.45) is 1.82. The molecule has 21 heavy (non-hydrogen) atoms. The number of likely N-dealkylation sites (tertiary alicyclic amines) is 1. The number of rotatable bonds is 5. The molecule has 1 fully saturated rings. The number of nitrogens with zero attached hydrogens (tertiary/aromatic N) is 1. The van der Waals surface area contributed by atoms with Crippen molar-refractivity contribution in [3.05, 3.63) is 29.8 Å². The number of amides is 2. The first-order chi connectivity index (χ1) is 10.1. The van der Waals surface area contributed by atoms with E-state index in [2.05, 4.69) is 5.32 Å². The van der Waals surface area contributed by atoms with E-state index < -0.39 is 0 Å². The van der Waals surface area contributed by atoms with E-state index in [0.717, 1.165) is 24.2 Å². The van der Waals surface area contributed by atoms with E-state index in [9.17, 15) is 9.59 Å². The van der Waals surface area contributed by atoms with Crippen molar-refractivity contribution in [2.24, 2.45) is 5.92 Å². The van der Waals surface area contributed by atoms with E-state index in [0.29, 0.717) is 19.5 Å². The fourth-order valence-corrected chi connectivity index (χ4v) is 2.47. The molecule has 2 amide bonds. The molecule has 1 aliphatic rings. The number of benzene rings is 1. The van der Waals surface area contributed by atoms with Crippen LogP contribution in [0.25, 0.3) is 0 Å². The second-order valence-electron chi connectivity index (χ2n) is 5.40. The number of hydrogen-bond donors (Lipinski definition) is 1. The third kappa shape index (κ3) is 4.21. The van der Waals surface area contributed by atoms with Gasteiger partial charge in [0.1, 0.15) is 5.75 Å². The van der Waals surface area contributed by atoms with Crippen LogP contribution in [0.3, 0.4) is 0 Å². The SMILES string of the molecule is COc1cccc(CCNC(=O)[C@@H]2CCN(C)C(=O)C2)c1. The highest BCUT2D eigenvalue weighted by Crippen LogP contribution is 2.17. The fourth-order valence-electron chi connectivity index (χ4n) is 2.47. The molecule has 1 aromatic rings. The molecule has 0 aromatic heterocycles. The van der Waals surface area contributed by atoms with E-state index >= 15 is 0 Å². The summed E-state index contributed by atoms with van der Waals surface area (Å²) in [4.78, 5) is 25.3. The van der Waals surface area contributed by atoms with Crippen LogP contribution in [-0.2, 0) is 16.0 Å². The minimum absolute atomic E-state index is 0.0145. The average Bonchev–Trinajstić information content (AvgIpc) is 2.50. The van der Waals surface area contributed by atoms with Crippen LogP contribution in [0.15, 0.2) is 24.3 Å². The Morgan fingerprint density at radius 1 is 1.48 bits per heavy atom. The molecule has 0 aliphatic carbocycles. The molecular formula is C16H22N2O3. The summed E-state index contributed by atoms with van der Waals surface area (Å²) < 4.78 is 5.17. The monoisotopic (exact) mass is 290 g/mol. The molecule has 0 unspecified atom stereocenters. The van der Waals surface area contributed by atoms with Crippen LogP contribution >= 0.6 is 0 Å². The molecule has 114 valence electrons. The van der Waals surface area contributed by atoms with E-state index in [1.54, 1.807) is 19.1 Å². The molecule has 5 nitrogen and oxygen atoms in total. The standard InChI is InChI=1S/C16H22N2O3/c1-18-9-7-13(11-15(18)19)16(20)17-8-6-12-4-3-5-14(10-12)21-2/h3-5,10,13H,6-9,11H2,1-2H3,(H,17,20)/t13-/m1/s1. The summed E-state index contributed by atoms with van der Waals surface area (Å²) in [5.74, 6) is 0.673. The number of nitrogens with one attached hydrogen (secondary N) is 1. The molecule has 5 heteroatoms. The zero-order chi connectivity index (χ0) is 15.2. The van der Waals surface area contributed by atoms with Crippen LogP contribution in [0.5, 0.6) is 5.75 Å². The van der Waals surface area contributed by atoms with Crippen LogP contribution in [-0.4, -0.2) is 44.0 Å². The van der Waals surface area contributed by atoms with E-state index in [1.165, 1.54) is 0 Å². The summed E-state index contributed by atoms with van der Waals surface area (Å²) in [6.45, 7) is 1.24. The Balaban J connectivity index is 1.77. The van der Waals surface area contributed by atoms with Gasteiger partial charge in [0.15, 0.2) is 0 Å². The van der Waals surface area contributed by atoms with E-state index in [-0.39, 0.29) is 17.7 Å². The lowest BCUT2D eigenvalue weighted by Crippen LogP contribution is -2.42. The molecule has 1 heterocycles. The minimum atomic E-state index is -0.181. The van der Waals surface area contributed by atoms with Crippen molar-refractivity contribution in [2.45, 2.75) is 19.3 Å². The second-order valence-corrected chi connectivity index (χ2v) is 5.40. The van der Waals surface area contributed by atoms with Gasteiger partial charge in [0, 0.05) is 32.5 Å². The summed E-state index contributed by atoms with van der Waals surface area (Å²) in [5, 5.41) is 2.92. The highest BCUT2D eigenvalue weighted by molar-refractivity contribution is 5.86. The van der Waals surface area contributed by atoms with Gasteiger partial charge in [-0.15, -0.1) is 0 Å². The number of methoxy groups -OCH3 is 1. The lowest BCUT2D eigenvalue weighted by atomic mass is 9.95. The number of piperidine rings is 1. The average molecular weight is 290 g/mol. The van der Waals surface area contributed by atoms with Gasteiger partial charge in [-0.25, -0.2) is 0 Å². The third-order valence-electron chi connectivity index (χ3n) is 3.88. The van der Waals surface area contributed by atoms with E-state index in [4.69, 9.17) is 4.74 Å². The Morgan fingerprint density at radius 3 is 3.00 bits per heavy atom. The lowest BCUT2D eigenvalue weighted by Gasteiger charge is -2.27. The molecular weight excluding hydrogens is 268 g/mol. The van der Waals surface area contributed by atoms with Gasteiger partial charge in [0.2, 0.25) is 11.8 Å². The predicted octanol–water partition coefficient (Wildman–Crippen LogP) is 1.22. The van der Waals surface area contributed by atoms with E-state index in [1.807, 2.05) is 24.3 Å². The Bertz CT molecular complexity index is 516. The Hall–Kier alpha value is -2.04. The van der Waals surface area contributed by atoms with Crippen molar-refractivity contribution in [3.8, 4) is 5.75 Å². The van der Waals surface area contributed by atoms with Gasteiger partial charge < -0.3 is 15.0 Å². The number of hydrogen-bond acceptors (Lipinski definition) is 3. The number of carbonyl (C=O) groups excluding carboxylic acids is 2. The summed E-state index contributed by atoms with van der Waals surface area (Å²) in [7, 11) is 3.41. The molecule has 0 bridgehead atoms. The van der Waals surface area contributed by atoms with Crippen LogP contribution in [0.2, 0.25) is 0 Å². The zero-order valence-corrected chi connectivity index (χ0v) is 12.6. The van der Waals surface area contributed by atoms with Crippen molar-refractivity contribution in [1.29, 1.82) is 0 Å². The molecule has 0 spiro atoms. The second kappa shape index (κ2) is 7.11. The Morgan fingerprint density at radius 2 is 2.29 bits per heavy atom. The maximum Gasteiger partial charge on any atom is 0.223 e. The quantitative estimate of drug-likeness (QED) is 0.887. The molecule has 2 rings (SSSR count). The van der Waals surface area contributed by atoms with Gasteiger partial charge in [0.25, 0.3) is 0 Å². The van der Waals surface area contributed by atoms with Gasteiger partial charge in [-0.3, -0.25) is 9.59 Å². The normalized spacial score (nSPS) is 18.5. The highest BCUT2D eigenvalue weighted by atomic mass is 16.5. The Kier molecular flexibility index (Phi) is 5.20. The first-order valence-corrected chi connectivity index (χ1v) is 7.24. The lowest BCUT2D eigenvalue weighted by molar-refractivity contribution is -0.139. The molecule has 1 aromatic carbocycles. The van der Waals surface area contributed by atoms with Crippen LogP contribution in [0.1, 0.15) is 18.4 Å². The van der Waals surface area contributed by atoms with Crippen LogP contribution < -0.4 is 10.1 Å². The molecule has 1 aliphatic heterocycles. The third-order valence-corrected chi connectivity index (χ3v) is 3.88. The minimum Gasteiger partial charge on any atom is -0.497 e. The van der Waals surface area contributed by atoms with Crippen molar-refractivity contribution >= 4 is 11.8 Å². The zero-order valence-electron chi connectivity index (χ0n) is 12.6. The summed E-state index contributed by atoms with van der Waals surface area (Å²) in [6, 6.07) is 7.80. The molecule has 0 radical (unpaired) electrons. The predicted molar refractivity (Wildman–Crippen MR) is 80.1 cm³/mol. The van der Waals surface area contributed by atoms with Crippen LogP contribution in [0.4, 0.5) is 0 Å². The largest absolute Gasteiger partial charge is 0.497 e. The molecule has 1 atom stereocenters. The van der Waals surface area contributed by atoms with Gasteiger partial charge >= 0.3 is 0 Å². The highest BCUT2D eigenvalue weighted by Gasteiger charge is 2.28. The summed E-state index contributed by atoms with van der Waals surface area (Å²) in [5.41, 5.74) is 1.12. The smallest absolute Gasteiger partial charge is 0.223 e. The van der Waals surface area contributed by atoms with Gasteiger partial charge in [-0.2, -0.15) is 0 Å². The maximum atomic E-state index is 12.1. The van der Waals surface area contributed by atoms with Gasteiger partial charge in [-0.1, -0.05) is 12.1 Å². The first-order valence-electron chi connectivity index (χ1n) is 7.24. The Labute approximate surface area is 125 Å². The van der Waals surface area contributed by atoms with Gasteiger partial charge in [-0.05, 0) is 30.5 Å². The number of ether oxygens (including phenoxy) is 1. The number of carbonyl (C=O) groups is 2. The molecule has 1 saturated heterocycles.